The van der Waals surface area contributed by atoms with Crippen LogP contribution < -0.4 is 5.32 Å². The number of hydrogen-bond donors (Lipinski definition) is 1. The zero-order valence-electron chi connectivity index (χ0n) is 10.4. The first-order valence-electron chi connectivity index (χ1n) is 5.66. The van der Waals surface area contributed by atoms with Crippen molar-refractivity contribution in [1.29, 1.82) is 0 Å². The van der Waals surface area contributed by atoms with Gasteiger partial charge in [0, 0.05) is 6.54 Å². The van der Waals surface area contributed by atoms with Gasteiger partial charge in [0.2, 0.25) is 5.91 Å². The van der Waals surface area contributed by atoms with Gasteiger partial charge in [-0.15, -0.1) is 0 Å². The van der Waals surface area contributed by atoms with Crippen LogP contribution >= 0.6 is 0 Å². The smallest absolute Gasteiger partial charge is 0.243 e. The summed E-state index contributed by atoms with van der Waals surface area (Å²) in [6, 6.07) is 0. The molecule has 0 atom stereocenters. The van der Waals surface area contributed by atoms with Gasteiger partial charge in [0.1, 0.15) is 0 Å². The zero-order chi connectivity index (χ0) is 11.7. The fraction of sp³-hybridized carbons (Fsp3) is 0.750. The number of carbonyl (C=O) groups excluding carboxylic acids is 1. The largest absolute Gasteiger partial charge is 0.353 e. The Morgan fingerprint density at radius 3 is 2.33 bits per heavy atom. The molecule has 0 saturated heterocycles. The van der Waals surface area contributed by atoms with Gasteiger partial charge in [-0.3, -0.25) is 4.79 Å². The van der Waals surface area contributed by atoms with Gasteiger partial charge in [-0.05, 0) is 25.3 Å². The predicted molar refractivity (Wildman–Crippen MR) is 64.6 cm³/mol. The van der Waals surface area contributed by atoms with Crippen LogP contribution in [0.4, 0.5) is 0 Å². The first kappa shape index (κ1) is 14.2. The lowest BCUT2D eigenvalue weighted by Crippen LogP contribution is -2.35. The van der Waals surface area contributed by atoms with Crippen LogP contribution in [0.2, 0.25) is 0 Å². The maximum Gasteiger partial charge on any atom is 0.243 e. The van der Waals surface area contributed by atoms with E-state index in [1.165, 1.54) is 31.9 Å². The molecule has 0 bridgehead atoms. The highest BCUT2D eigenvalue weighted by atomic mass is 16.1. The highest BCUT2D eigenvalue weighted by molar-refractivity contribution is 5.86. The molecule has 0 aliphatic carbocycles. The summed E-state index contributed by atoms with van der Waals surface area (Å²) in [5.41, 5.74) is 0. The second-order valence-corrected chi connectivity index (χ2v) is 4.92. The monoisotopic (exact) mass is 213 g/mol. The highest BCUT2D eigenvalue weighted by Crippen LogP contribution is 2.02. The molecule has 0 aromatic heterocycles. The second-order valence-electron chi connectivity index (χ2n) is 4.92. The fourth-order valence-electron chi connectivity index (χ4n) is 1.35. The lowest BCUT2D eigenvalue weighted by Gasteiger charge is -2.23. The molecule has 1 N–H and O–H groups in total. The summed E-state index contributed by atoms with van der Waals surface area (Å²) in [5.74, 6) is -0.0682. The molecule has 3 nitrogen and oxygen atoms in total. The molecule has 1 amide bonds. The van der Waals surface area contributed by atoms with E-state index in [1.807, 2.05) is 0 Å². The molecular formula is C12H25N2O+. The third kappa shape index (κ3) is 11.1. The van der Waals surface area contributed by atoms with Crippen molar-refractivity contribution in [3.05, 3.63) is 12.7 Å². The Bertz CT molecular complexity index is 194. The van der Waals surface area contributed by atoms with E-state index in [0.29, 0.717) is 0 Å². The van der Waals surface area contributed by atoms with Crippen LogP contribution in [-0.2, 0) is 4.79 Å². The van der Waals surface area contributed by atoms with E-state index < -0.39 is 0 Å². The maximum atomic E-state index is 10.8. The summed E-state index contributed by atoms with van der Waals surface area (Å²) in [5, 5.41) is 2.78. The van der Waals surface area contributed by atoms with Gasteiger partial charge in [-0.25, -0.2) is 0 Å². The minimum Gasteiger partial charge on any atom is -0.353 e. The van der Waals surface area contributed by atoms with Crippen LogP contribution in [0.3, 0.4) is 0 Å². The SMILES string of the molecule is C=CC(=O)NCCCCCC[N+](C)(C)C. The molecule has 3 heteroatoms. The van der Waals surface area contributed by atoms with E-state index in [0.717, 1.165) is 17.4 Å². The molecule has 0 aliphatic rings. The third-order valence-electron chi connectivity index (χ3n) is 2.24. The van der Waals surface area contributed by atoms with Gasteiger partial charge in [-0.1, -0.05) is 13.0 Å². The van der Waals surface area contributed by atoms with Crippen LogP contribution in [0.15, 0.2) is 12.7 Å². The van der Waals surface area contributed by atoms with Crippen molar-refractivity contribution in [3.63, 3.8) is 0 Å². The fourth-order valence-corrected chi connectivity index (χ4v) is 1.35. The van der Waals surface area contributed by atoms with Gasteiger partial charge in [0.15, 0.2) is 0 Å². The number of unbranched alkanes of at least 4 members (excludes halogenated alkanes) is 3. The third-order valence-corrected chi connectivity index (χ3v) is 2.24. The van der Waals surface area contributed by atoms with Gasteiger partial charge in [-0.2, -0.15) is 0 Å². The Morgan fingerprint density at radius 1 is 1.20 bits per heavy atom. The van der Waals surface area contributed by atoms with Crippen LogP contribution in [0.1, 0.15) is 25.7 Å². The van der Waals surface area contributed by atoms with E-state index in [4.69, 9.17) is 0 Å². The summed E-state index contributed by atoms with van der Waals surface area (Å²) in [4.78, 5) is 10.8. The molecule has 15 heavy (non-hydrogen) atoms. The van der Waals surface area contributed by atoms with Crippen molar-refractivity contribution in [2.75, 3.05) is 34.2 Å². The molecule has 0 spiro atoms. The molecule has 0 aromatic carbocycles. The molecule has 0 saturated carbocycles. The molecule has 0 rings (SSSR count). The minimum absolute atomic E-state index is 0.0682. The van der Waals surface area contributed by atoms with Crippen LogP contribution in [0.5, 0.6) is 0 Å². The maximum absolute atomic E-state index is 10.8. The summed E-state index contributed by atoms with van der Waals surface area (Å²) < 4.78 is 1.03. The van der Waals surface area contributed by atoms with E-state index in [-0.39, 0.29) is 5.91 Å². The van der Waals surface area contributed by atoms with Gasteiger partial charge >= 0.3 is 0 Å². The number of amides is 1. The average molecular weight is 213 g/mol. The van der Waals surface area contributed by atoms with E-state index >= 15 is 0 Å². The minimum atomic E-state index is -0.0682. The summed E-state index contributed by atoms with van der Waals surface area (Å²) in [6.45, 7) is 5.40. The zero-order valence-corrected chi connectivity index (χ0v) is 10.4. The number of nitrogens with one attached hydrogen (secondary N) is 1. The summed E-state index contributed by atoms with van der Waals surface area (Å²) in [7, 11) is 6.64. The van der Waals surface area contributed by atoms with Gasteiger partial charge in [0.05, 0.1) is 27.7 Å². The Balaban J connectivity index is 3.19. The van der Waals surface area contributed by atoms with Gasteiger partial charge in [0.25, 0.3) is 0 Å². The van der Waals surface area contributed by atoms with Crippen LogP contribution in [0.25, 0.3) is 0 Å². The molecule has 0 unspecified atom stereocenters. The topological polar surface area (TPSA) is 29.1 Å². The number of nitrogens with zero attached hydrogens (tertiary/aromatic N) is 1. The summed E-state index contributed by atoms with van der Waals surface area (Å²) in [6.07, 6.45) is 6.09. The predicted octanol–water partition coefficient (Wildman–Crippen LogP) is 1.56. The Morgan fingerprint density at radius 2 is 1.80 bits per heavy atom. The summed E-state index contributed by atoms with van der Waals surface area (Å²) >= 11 is 0. The normalized spacial score (nSPS) is 11.1. The average Bonchev–Trinajstić information content (AvgIpc) is 2.14. The Kier molecular flexibility index (Phi) is 7.05. The molecule has 0 heterocycles. The quantitative estimate of drug-likeness (QED) is 0.370. The lowest BCUT2D eigenvalue weighted by atomic mass is 10.2. The number of carbonyl (C=O) groups is 1. The molecule has 0 aliphatic heterocycles. The first-order valence-corrected chi connectivity index (χ1v) is 5.66. The lowest BCUT2D eigenvalue weighted by molar-refractivity contribution is -0.870. The highest BCUT2D eigenvalue weighted by Gasteiger charge is 2.04. The number of rotatable bonds is 8. The molecular weight excluding hydrogens is 188 g/mol. The second kappa shape index (κ2) is 7.46. The molecule has 0 aromatic rings. The van der Waals surface area contributed by atoms with E-state index in [2.05, 4.69) is 33.0 Å². The van der Waals surface area contributed by atoms with Crippen LogP contribution in [-0.4, -0.2) is 44.6 Å². The van der Waals surface area contributed by atoms with Crippen molar-refractivity contribution in [2.45, 2.75) is 25.7 Å². The molecule has 88 valence electrons. The van der Waals surface area contributed by atoms with Crippen molar-refractivity contribution >= 4 is 5.91 Å². The van der Waals surface area contributed by atoms with E-state index in [1.54, 1.807) is 0 Å². The van der Waals surface area contributed by atoms with Crippen molar-refractivity contribution in [1.82, 2.24) is 5.32 Å². The van der Waals surface area contributed by atoms with Crippen molar-refractivity contribution < 1.29 is 9.28 Å². The Labute approximate surface area is 93.7 Å². The molecule has 0 radical (unpaired) electrons. The van der Waals surface area contributed by atoms with Crippen molar-refractivity contribution in [3.8, 4) is 0 Å². The number of quaternary nitrogens is 1. The van der Waals surface area contributed by atoms with E-state index in [9.17, 15) is 4.79 Å². The first-order chi connectivity index (χ1) is 6.95. The standard InChI is InChI=1S/C12H24N2O/c1-5-12(15)13-10-8-6-7-9-11-14(2,3)4/h5H,1,6-11H2,2-4H3/p+1. The molecule has 0 fully saturated rings. The van der Waals surface area contributed by atoms with Crippen molar-refractivity contribution in [2.24, 2.45) is 0 Å². The number of hydrogen-bond acceptors (Lipinski definition) is 1. The Hall–Kier alpha value is -0.830. The van der Waals surface area contributed by atoms with Gasteiger partial charge < -0.3 is 9.80 Å². The van der Waals surface area contributed by atoms with Crippen LogP contribution in [0, 0.1) is 0 Å².